The van der Waals surface area contributed by atoms with E-state index in [9.17, 15) is 0 Å². The molecule has 2 aliphatic rings. The molecular weight excluding hydrogens is 296 g/mol. The first-order valence-electron chi connectivity index (χ1n) is 8.46. The molecule has 1 atom stereocenters. The third-order valence-electron chi connectivity index (χ3n) is 4.60. The Balaban J connectivity index is 1.60. The van der Waals surface area contributed by atoms with Gasteiger partial charge in [0.25, 0.3) is 0 Å². The number of anilines is 2. The average Bonchev–Trinajstić information content (AvgIpc) is 3.27. The average molecular weight is 318 g/mol. The van der Waals surface area contributed by atoms with Crippen LogP contribution in [0.3, 0.4) is 0 Å². The Morgan fingerprint density at radius 3 is 2.78 bits per heavy atom. The van der Waals surface area contributed by atoms with Crippen LogP contribution in [0.2, 0.25) is 0 Å². The lowest BCUT2D eigenvalue weighted by Gasteiger charge is -2.34. The highest BCUT2D eigenvalue weighted by molar-refractivity contribution is 5.74. The van der Waals surface area contributed by atoms with E-state index in [2.05, 4.69) is 30.5 Å². The fourth-order valence-electron chi connectivity index (χ4n) is 3.24. The van der Waals surface area contributed by atoms with Gasteiger partial charge in [0.1, 0.15) is 0 Å². The topological polar surface area (TPSA) is 100 Å². The van der Waals surface area contributed by atoms with Crippen LogP contribution in [0.25, 0.3) is 11.3 Å². The van der Waals surface area contributed by atoms with E-state index in [-0.39, 0.29) is 6.61 Å². The molecule has 2 N–H and O–H groups in total. The maximum Gasteiger partial charge on any atom is 0.245 e. The lowest BCUT2D eigenvalue weighted by atomic mass is 9.93. The standard InChI is InChI=1S/C15H22N6O2/c22-8-2-4-10-3-1-7-21(9-10)15-14(16-11-5-6-11)17-12-13(18-15)20-23-19-12/h10-11,22H,1-9H2,(H,16,17,19)/t10-/m1/s1. The molecule has 2 aromatic heterocycles. The van der Waals surface area contributed by atoms with Crippen LogP contribution in [0.15, 0.2) is 4.63 Å². The zero-order valence-electron chi connectivity index (χ0n) is 13.1. The molecule has 0 aromatic carbocycles. The molecule has 1 saturated carbocycles. The molecule has 1 saturated heterocycles. The van der Waals surface area contributed by atoms with Gasteiger partial charge in [-0.25, -0.2) is 14.6 Å². The smallest absolute Gasteiger partial charge is 0.245 e. The first kappa shape index (κ1) is 14.6. The van der Waals surface area contributed by atoms with E-state index in [1.54, 1.807) is 0 Å². The van der Waals surface area contributed by atoms with E-state index in [0.29, 0.717) is 23.3 Å². The lowest BCUT2D eigenvalue weighted by molar-refractivity contribution is 0.263. The molecule has 4 rings (SSSR count). The summed E-state index contributed by atoms with van der Waals surface area (Å²) < 4.78 is 4.76. The number of aromatic nitrogens is 4. The fraction of sp³-hybridized carbons (Fsp3) is 0.733. The molecule has 0 bridgehead atoms. The molecule has 0 spiro atoms. The number of hydrogen-bond acceptors (Lipinski definition) is 8. The SMILES string of the molecule is OCCC[C@H]1CCCN(c2nc3nonc3nc2NC2CC2)C1. The molecule has 1 aliphatic carbocycles. The number of aliphatic hydroxyl groups excluding tert-OH is 1. The molecule has 2 fully saturated rings. The van der Waals surface area contributed by atoms with Crippen LogP contribution in [0.1, 0.15) is 38.5 Å². The monoisotopic (exact) mass is 318 g/mol. The third kappa shape index (κ3) is 3.21. The van der Waals surface area contributed by atoms with Crippen molar-refractivity contribution in [1.82, 2.24) is 20.3 Å². The van der Waals surface area contributed by atoms with Crippen molar-refractivity contribution in [2.75, 3.05) is 29.9 Å². The molecule has 0 radical (unpaired) electrons. The maximum absolute atomic E-state index is 9.05. The second-order valence-corrected chi connectivity index (χ2v) is 6.55. The van der Waals surface area contributed by atoms with Gasteiger partial charge < -0.3 is 15.3 Å². The fourth-order valence-corrected chi connectivity index (χ4v) is 3.24. The molecule has 8 heteroatoms. The predicted octanol–water partition coefficient (Wildman–Crippen LogP) is 1.58. The highest BCUT2D eigenvalue weighted by atomic mass is 16.6. The Morgan fingerprint density at radius 1 is 1.17 bits per heavy atom. The summed E-state index contributed by atoms with van der Waals surface area (Å²) in [6.45, 7) is 2.19. The minimum Gasteiger partial charge on any atom is -0.396 e. The van der Waals surface area contributed by atoms with Gasteiger partial charge >= 0.3 is 0 Å². The van der Waals surface area contributed by atoms with Crippen molar-refractivity contribution in [2.24, 2.45) is 5.92 Å². The highest BCUT2D eigenvalue weighted by Gasteiger charge is 2.28. The van der Waals surface area contributed by atoms with Crippen LogP contribution < -0.4 is 10.2 Å². The minimum absolute atomic E-state index is 0.265. The molecule has 8 nitrogen and oxygen atoms in total. The lowest BCUT2D eigenvalue weighted by Crippen LogP contribution is -2.36. The van der Waals surface area contributed by atoms with Crippen molar-refractivity contribution < 1.29 is 9.74 Å². The molecule has 3 heterocycles. The van der Waals surface area contributed by atoms with E-state index >= 15 is 0 Å². The Labute approximate surface area is 134 Å². The Kier molecular flexibility index (Phi) is 3.99. The summed E-state index contributed by atoms with van der Waals surface area (Å²) >= 11 is 0. The zero-order valence-corrected chi connectivity index (χ0v) is 13.1. The number of hydrogen-bond donors (Lipinski definition) is 2. The molecule has 2 aromatic rings. The van der Waals surface area contributed by atoms with Gasteiger partial charge in [-0.2, -0.15) is 0 Å². The van der Waals surface area contributed by atoms with Gasteiger partial charge in [0.05, 0.1) is 0 Å². The van der Waals surface area contributed by atoms with Gasteiger partial charge in [-0.05, 0) is 54.8 Å². The van der Waals surface area contributed by atoms with Crippen molar-refractivity contribution in [3.05, 3.63) is 0 Å². The van der Waals surface area contributed by atoms with Crippen LogP contribution >= 0.6 is 0 Å². The summed E-state index contributed by atoms with van der Waals surface area (Å²) in [4.78, 5) is 11.5. The summed E-state index contributed by atoms with van der Waals surface area (Å²) in [7, 11) is 0. The maximum atomic E-state index is 9.05. The van der Waals surface area contributed by atoms with Crippen LogP contribution in [0.5, 0.6) is 0 Å². The van der Waals surface area contributed by atoms with Gasteiger partial charge in [0, 0.05) is 25.7 Å². The number of aliphatic hydroxyl groups is 1. The van der Waals surface area contributed by atoms with Crippen molar-refractivity contribution in [2.45, 2.75) is 44.6 Å². The normalized spacial score (nSPS) is 21.8. The number of nitrogens with one attached hydrogen (secondary N) is 1. The van der Waals surface area contributed by atoms with Crippen molar-refractivity contribution in [1.29, 1.82) is 0 Å². The molecule has 23 heavy (non-hydrogen) atoms. The highest BCUT2D eigenvalue weighted by Crippen LogP contribution is 2.33. The number of rotatable bonds is 6. The number of nitrogens with zero attached hydrogens (tertiary/aromatic N) is 5. The molecule has 1 aliphatic heterocycles. The van der Waals surface area contributed by atoms with E-state index in [1.165, 1.54) is 19.3 Å². The predicted molar refractivity (Wildman–Crippen MR) is 85.3 cm³/mol. The zero-order chi connectivity index (χ0) is 15.6. The van der Waals surface area contributed by atoms with Crippen LogP contribution in [0.4, 0.5) is 11.6 Å². The first-order valence-corrected chi connectivity index (χ1v) is 8.46. The van der Waals surface area contributed by atoms with E-state index in [1.807, 2.05) is 0 Å². The number of fused-ring (bicyclic) bond motifs is 1. The first-order chi connectivity index (χ1) is 11.3. The third-order valence-corrected chi connectivity index (χ3v) is 4.60. The number of piperidine rings is 1. The van der Waals surface area contributed by atoms with Crippen LogP contribution in [-0.2, 0) is 0 Å². The molecule has 124 valence electrons. The van der Waals surface area contributed by atoms with Crippen LogP contribution in [-0.4, -0.2) is 51.1 Å². The quantitative estimate of drug-likeness (QED) is 0.828. The molecule has 0 amide bonds. The summed E-state index contributed by atoms with van der Waals surface area (Å²) in [5.41, 5.74) is 0.907. The van der Waals surface area contributed by atoms with E-state index in [0.717, 1.165) is 44.0 Å². The van der Waals surface area contributed by atoms with E-state index in [4.69, 9.17) is 9.74 Å². The summed E-state index contributed by atoms with van der Waals surface area (Å²) in [6.07, 6.45) is 6.62. The van der Waals surface area contributed by atoms with Gasteiger partial charge in [-0.15, -0.1) is 0 Å². The molecule has 0 unspecified atom stereocenters. The van der Waals surface area contributed by atoms with Gasteiger partial charge in [-0.1, -0.05) is 0 Å². The van der Waals surface area contributed by atoms with Gasteiger partial charge in [-0.3, -0.25) is 0 Å². The Bertz CT molecular complexity index is 671. The van der Waals surface area contributed by atoms with Gasteiger partial charge in [0.2, 0.25) is 11.3 Å². The second kappa shape index (κ2) is 6.27. The minimum atomic E-state index is 0.265. The summed E-state index contributed by atoms with van der Waals surface area (Å²) in [6, 6.07) is 0.496. The summed E-state index contributed by atoms with van der Waals surface area (Å²) in [5, 5.41) is 20.1. The van der Waals surface area contributed by atoms with Crippen molar-refractivity contribution >= 4 is 22.9 Å². The van der Waals surface area contributed by atoms with Crippen molar-refractivity contribution in [3.8, 4) is 0 Å². The summed E-state index contributed by atoms with van der Waals surface area (Å²) in [5.74, 6) is 2.24. The Hall–Kier alpha value is -1.96. The van der Waals surface area contributed by atoms with Gasteiger partial charge in [0.15, 0.2) is 11.6 Å². The second-order valence-electron chi connectivity index (χ2n) is 6.55. The largest absolute Gasteiger partial charge is 0.396 e. The molecular formula is C15H22N6O2. The van der Waals surface area contributed by atoms with Crippen LogP contribution in [0, 0.1) is 5.92 Å². The Morgan fingerprint density at radius 2 is 2.00 bits per heavy atom. The van der Waals surface area contributed by atoms with E-state index < -0.39 is 0 Å². The van der Waals surface area contributed by atoms with Crippen molar-refractivity contribution in [3.63, 3.8) is 0 Å².